The van der Waals surface area contributed by atoms with Crippen molar-refractivity contribution < 1.29 is 9.53 Å². The molecule has 1 unspecified atom stereocenters. The van der Waals surface area contributed by atoms with Crippen molar-refractivity contribution in [2.75, 3.05) is 19.7 Å². The lowest BCUT2D eigenvalue weighted by Crippen LogP contribution is -2.32. The van der Waals surface area contributed by atoms with Crippen LogP contribution in [0.5, 0.6) is 0 Å². The summed E-state index contributed by atoms with van der Waals surface area (Å²) >= 11 is 0. The Hall–Kier alpha value is -1.89. The largest absolute Gasteiger partial charge is 0.377 e. The number of carbonyl (C=O) groups is 1. The van der Waals surface area contributed by atoms with E-state index in [1.165, 1.54) is 0 Å². The molecular formula is C19H27ClN4O2. The van der Waals surface area contributed by atoms with Crippen molar-refractivity contribution in [2.24, 2.45) is 0 Å². The smallest absolute Gasteiger partial charge is 0.272 e. The summed E-state index contributed by atoms with van der Waals surface area (Å²) in [6.45, 7) is 5.66. The molecule has 0 radical (unpaired) electrons. The first kappa shape index (κ1) is 20.4. The highest BCUT2D eigenvalue weighted by Crippen LogP contribution is 2.16. The molecule has 0 spiro atoms. The molecule has 7 heteroatoms. The number of rotatable bonds is 7. The van der Waals surface area contributed by atoms with Crippen LogP contribution in [0.1, 0.15) is 47.4 Å². The minimum absolute atomic E-state index is 0. The van der Waals surface area contributed by atoms with E-state index in [4.69, 9.17) is 4.74 Å². The number of hydrogen-bond donors (Lipinski definition) is 2. The molecule has 2 aromatic rings. The topological polar surface area (TPSA) is 68.2 Å². The van der Waals surface area contributed by atoms with Gasteiger partial charge >= 0.3 is 0 Å². The Labute approximate surface area is 160 Å². The van der Waals surface area contributed by atoms with Crippen molar-refractivity contribution >= 4 is 18.3 Å². The number of benzene rings is 1. The average Bonchev–Trinajstić information content (AvgIpc) is 3.16. The van der Waals surface area contributed by atoms with Gasteiger partial charge in [-0.2, -0.15) is 5.10 Å². The highest BCUT2D eigenvalue weighted by atomic mass is 35.5. The predicted octanol–water partition coefficient (Wildman–Crippen LogP) is 2.70. The first-order valence-electron chi connectivity index (χ1n) is 8.96. The van der Waals surface area contributed by atoms with Gasteiger partial charge in [0.2, 0.25) is 0 Å². The summed E-state index contributed by atoms with van der Waals surface area (Å²) in [4.78, 5) is 12.4. The maximum atomic E-state index is 12.4. The summed E-state index contributed by atoms with van der Waals surface area (Å²) < 4.78 is 7.39. The van der Waals surface area contributed by atoms with Crippen LogP contribution < -0.4 is 10.6 Å². The number of carbonyl (C=O) groups excluding carboxylic acids is 1. The SMILES string of the molecule is CCOCc1ccccc1CNC(=O)c1ccn(C2CCCNC2)n1.Cl. The van der Waals surface area contributed by atoms with Gasteiger partial charge in [0.1, 0.15) is 5.69 Å². The van der Waals surface area contributed by atoms with E-state index in [-0.39, 0.29) is 18.3 Å². The molecule has 0 aliphatic carbocycles. The molecule has 1 aliphatic heterocycles. The summed E-state index contributed by atoms with van der Waals surface area (Å²) in [5, 5.41) is 10.8. The van der Waals surface area contributed by atoms with Gasteiger partial charge in [0.05, 0.1) is 12.6 Å². The maximum absolute atomic E-state index is 12.4. The molecule has 2 N–H and O–H groups in total. The van der Waals surface area contributed by atoms with Crippen molar-refractivity contribution in [3.05, 3.63) is 53.3 Å². The molecule has 0 saturated carbocycles. The van der Waals surface area contributed by atoms with Gasteiger partial charge in [-0.3, -0.25) is 9.48 Å². The number of nitrogens with zero attached hydrogens (tertiary/aromatic N) is 2. The number of piperidine rings is 1. The van der Waals surface area contributed by atoms with Crippen molar-refractivity contribution in [1.29, 1.82) is 0 Å². The van der Waals surface area contributed by atoms with Crippen LogP contribution in [0.25, 0.3) is 0 Å². The molecule has 1 amide bonds. The summed E-state index contributed by atoms with van der Waals surface area (Å²) in [6.07, 6.45) is 4.14. The highest BCUT2D eigenvalue weighted by molar-refractivity contribution is 5.92. The molecule has 1 saturated heterocycles. The van der Waals surface area contributed by atoms with Crippen molar-refractivity contribution in [1.82, 2.24) is 20.4 Å². The Morgan fingerprint density at radius 2 is 2.15 bits per heavy atom. The molecular weight excluding hydrogens is 352 g/mol. The van der Waals surface area contributed by atoms with E-state index in [0.29, 0.717) is 31.5 Å². The highest BCUT2D eigenvalue weighted by Gasteiger charge is 2.17. The molecule has 1 aliphatic rings. The van der Waals surface area contributed by atoms with Gasteiger partial charge < -0.3 is 15.4 Å². The number of aromatic nitrogens is 2. The second kappa shape index (κ2) is 10.3. The molecule has 1 fully saturated rings. The lowest BCUT2D eigenvalue weighted by Gasteiger charge is -2.22. The van der Waals surface area contributed by atoms with E-state index in [1.807, 2.05) is 42.1 Å². The summed E-state index contributed by atoms with van der Waals surface area (Å²) in [5.41, 5.74) is 2.64. The number of halogens is 1. The van der Waals surface area contributed by atoms with Gasteiger partial charge in [0, 0.05) is 25.9 Å². The zero-order valence-electron chi connectivity index (χ0n) is 15.1. The zero-order chi connectivity index (χ0) is 17.5. The Kier molecular flexibility index (Phi) is 8.09. The quantitative estimate of drug-likeness (QED) is 0.777. The number of ether oxygens (including phenoxy) is 1. The van der Waals surface area contributed by atoms with Crippen molar-refractivity contribution in [2.45, 2.75) is 39.0 Å². The Morgan fingerprint density at radius 1 is 1.35 bits per heavy atom. The van der Waals surface area contributed by atoms with Crippen LogP contribution in [0, 0.1) is 0 Å². The molecule has 6 nitrogen and oxygen atoms in total. The van der Waals surface area contributed by atoms with Crippen LogP contribution in [0.15, 0.2) is 36.5 Å². The average molecular weight is 379 g/mol. The first-order valence-corrected chi connectivity index (χ1v) is 8.96. The fourth-order valence-corrected chi connectivity index (χ4v) is 3.07. The van der Waals surface area contributed by atoms with Crippen LogP contribution in [-0.4, -0.2) is 35.4 Å². The van der Waals surface area contributed by atoms with Crippen LogP contribution in [-0.2, 0) is 17.9 Å². The van der Waals surface area contributed by atoms with Gasteiger partial charge in [-0.15, -0.1) is 12.4 Å². The fraction of sp³-hybridized carbons (Fsp3) is 0.474. The predicted molar refractivity (Wildman–Crippen MR) is 104 cm³/mol. The van der Waals surface area contributed by atoms with E-state index < -0.39 is 0 Å². The van der Waals surface area contributed by atoms with E-state index in [2.05, 4.69) is 15.7 Å². The van der Waals surface area contributed by atoms with E-state index in [0.717, 1.165) is 37.1 Å². The van der Waals surface area contributed by atoms with Crippen LogP contribution in [0.4, 0.5) is 0 Å². The molecule has 1 aromatic heterocycles. The molecule has 2 heterocycles. The van der Waals surface area contributed by atoms with Crippen LogP contribution in [0.3, 0.4) is 0 Å². The Morgan fingerprint density at radius 3 is 2.88 bits per heavy atom. The van der Waals surface area contributed by atoms with Gasteiger partial charge in [-0.1, -0.05) is 24.3 Å². The van der Waals surface area contributed by atoms with Crippen molar-refractivity contribution in [3.8, 4) is 0 Å². The second-order valence-electron chi connectivity index (χ2n) is 6.27. The summed E-state index contributed by atoms with van der Waals surface area (Å²) in [7, 11) is 0. The Bertz CT molecular complexity index is 698. The van der Waals surface area contributed by atoms with Gasteiger partial charge in [0.25, 0.3) is 5.91 Å². The third-order valence-electron chi connectivity index (χ3n) is 4.51. The lowest BCUT2D eigenvalue weighted by molar-refractivity contribution is 0.0943. The second-order valence-corrected chi connectivity index (χ2v) is 6.27. The van der Waals surface area contributed by atoms with Gasteiger partial charge in [0.15, 0.2) is 0 Å². The van der Waals surface area contributed by atoms with E-state index >= 15 is 0 Å². The molecule has 0 bridgehead atoms. The van der Waals surface area contributed by atoms with Crippen LogP contribution >= 0.6 is 12.4 Å². The van der Waals surface area contributed by atoms with Crippen molar-refractivity contribution in [3.63, 3.8) is 0 Å². The van der Waals surface area contributed by atoms with Gasteiger partial charge in [-0.05, 0) is 43.5 Å². The standard InChI is InChI=1S/C19H26N4O2.ClH/c1-2-25-14-16-7-4-3-6-15(16)12-21-19(24)18-9-11-23(22-18)17-8-5-10-20-13-17;/h3-4,6-7,9,11,17,20H,2,5,8,10,12-14H2,1H3,(H,21,24);1H. The van der Waals surface area contributed by atoms with Gasteiger partial charge in [-0.25, -0.2) is 0 Å². The number of nitrogens with one attached hydrogen (secondary N) is 2. The molecule has 1 aromatic carbocycles. The normalized spacial score (nSPS) is 16.7. The minimum Gasteiger partial charge on any atom is -0.377 e. The van der Waals surface area contributed by atoms with E-state index in [9.17, 15) is 4.79 Å². The monoisotopic (exact) mass is 378 g/mol. The molecule has 26 heavy (non-hydrogen) atoms. The Balaban J connectivity index is 0.00000243. The van der Waals surface area contributed by atoms with Crippen LogP contribution in [0.2, 0.25) is 0 Å². The lowest BCUT2D eigenvalue weighted by atomic mass is 10.1. The fourth-order valence-electron chi connectivity index (χ4n) is 3.07. The maximum Gasteiger partial charge on any atom is 0.272 e. The number of hydrogen-bond acceptors (Lipinski definition) is 4. The third kappa shape index (κ3) is 5.30. The summed E-state index contributed by atoms with van der Waals surface area (Å²) in [5.74, 6) is -0.145. The first-order chi connectivity index (χ1) is 12.3. The number of amides is 1. The minimum atomic E-state index is -0.145. The zero-order valence-corrected chi connectivity index (χ0v) is 15.9. The molecule has 1 atom stereocenters. The molecule has 142 valence electrons. The third-order valence-corrected chi connectivity index (χ3v) is 4.51. The summed E-state index contributed by atoms with van der Waals surface area (Å²) in [6, 6.07) is 10.1. The van der Waals surface area contributed by atoms with E-state index in [1.54, 1.807) is 6.07 Å². The molecule has 3 rings (SSSR count).